The van der Waals surface area contributed by atoms with Gasteiger partial charge in [-0.2, -0.15) is 5.26 Å². The molecule has 2 rings (SSSR count). The second-order valence-electron chi connectivity index (χ2n) is 6.63. The number of carbonyl (C=O) groups excluding carboxylic acids is 2. The van der Waals surface area contributed by atoms with Gasteiger partial charge in [-0.1, -0.05) is 51.2 Å². The molecule has 1 N–H and O–H groups in total. The number of carbonyl (C=O) groups is 2. The number of rotatable bonds is 8. The fourth-order valence-electron chi connectivity index (χ4n) is 3.01. The van der Waals surface area contributed by atoms with Gasteiger partial charge < -0.3 is 5.32 Å². The van der Waals surface area contributed by atoms with Crippen LogP contribution in [0.25, 0.3) is 0 Å². The Balaban J connectivity index is 1.95. The first kappa shape index (κ1) is 18.0. The molecule has 0 saturated carbocycles. The number of nitriles is 1. The Bertz CT molecular complexity index is 633. The lowest BCUT2D eigenvalue weighted by Gasteiger charge is -2.21. The van der Waals surface area contributed by atoms with Crippen LogP contribution in [-0.2, 0) is 11.3 Å². The topological polar surface area (TPSA) is 73.2 Å². The monoisotopic (exact) mass is 327 g/mol. The molecule has 1 aliphatic rings. The second kappa shape index (κ2) is 7.96. The summed E-state index contributed by atoms with van der Waals surface area (Å²) in [6.07, 6.45) is 6.26. The molecule has 5 heteroatoms. The van der Waals surface area contributed by atoms with Crippen LogP contribution in [0.1, 0.15) is 63.5 Å². The molecule has 1 aliphatic heterocycles. The van der Waals surface area contributed by atoms with Crippen LogP contribution < -0.4 is 5.32 Å². The van der Waals surface area contributed by atoms with Gasteiger partial charge in [0.2, 0.25) is 0 Å². The first-order valence-electron chi connectivity index (χ1n) is 8.63. The summed E-state index contributed by atoms with van der Waals surface area (Å²) in [5, 5.41) is 11.7. The molecule has 0 aliphatic carbocycles. The zero-order chi connectivity index (χ0) is 17.6. The molecule has 0 bridgehead atoms. The fourth-order valence-corrected chi connectivity index (χ4v) is 3.01. The molecule has 1 aromatic carbocycles. The van der Waals surface area contributed by atoms with Crippen LogP contribution in [0.15, 0.2) is 24.3 Å². The standard InChI is InChI=1S/C19H25N3O2/c1-3-4-5-6-7-12-19(2)17(23)22(18(24)21-19)14-16-10-8-15(13-20)9-11-16/h8-11H,3-7,12,14H2,1-2H3,(H,21,24). The Morgan fingerprint density at radius 2 is 1.79 bits per heavy atom. The number of imide groups is 1. The molecule has 3 amide bonds. The van der Waals surface area contributed by atoms with Gasteiger partial charge in [-0.25, -0.2) is 4.79 Å². The van der Waals surface area contributed by atoms with Crippen molar-refractivity contribution in [1.82, 2.24) is 10.2 Å². The van der Waals surface area contributed by atoms with Gasteiger partial charge in [-0.15, -0.1) is 0 Å². The summed E-state index contributed by atoms with van der Waals surface area (Å²) >= 11 is 0. The fraction of sp³-hybridized carbons (Fsp3) is 0.526. The van der Waals surface area contributed by atoms with E-state index < -0.39 is 5.54 Å². The molecule has 0 spiro atoms. The molecular formula is C19H25N3O2. The van der Waals surface area contributed by atoms with Gasteiger partial charge in [-0.3, -0.25) is 9.69 Å². The molecule has 5 nitrogen and oxygen atoms in total. The van der Waals surface area contributed by atoms with E-state index in [0.717, 1.165) is 18.4 Å². The maximum Gasteiger partial charge on any atom is 0.325 e. The van der Waals surface area contributed by atoms with Crippen molar-refractivity contribution in [2.45, 2.75) is 64.5 Å². The van der Waals surface area contributed by atoms with Crippen LogP contribution in [0.3, 0.4) is 0 Å². The minimum Gasteiger partial charge on any atom is -0.323 e. The van der Waals surface area contributed by atoms with E-state index in [4.69, 9.17) is 5.26 Å². The lowest BCUT2D eigenvalue weighted by atomic mass is 9.94. The van der Waals surface area contributed by atoms with Crippen LogP contribution in [0.2, 0.25) is 0 Å². The number of amides is 3. The molecule has 1 unspecified atom stereocenters. The Kier molecular flexibility index (Phi) is 5.97. The highest BCUT2D eigenvalue weighted by molar-refractivity contribution is 6.06. The normalized spacial score (nSPS) is 20.1. The Morgan fingerprint density at radius 1 is 1.12 bits per heavy atom. The van der Waals surface area contributed by atoms with Crippen LogP contribution in [0, 0.1) is 11.3 Å². The smallest absolute Gasteiger partial charge is 0.323 e. The van der Waals surface area contributed by atoms with E-state index in [1.807, 2.05) is 6.92 Å². The van der Waals surface area contributed by atoms with Gasteiger partial charge in [0.05, 0.1) is 18.2 Å². The van der Waals surface area contributed by atoms with E-state index in [1.165, 1.54) is 24.2 Å². The highest BCUT2D eigenvalue weighted by Crippen LogP contribution is 2.25. The molecule has 1 heterocycles. The number of nitrogens with one attached hydrogen (secondary N) is 1. The van der Waals surface area contributed by atoms with Crippen LogP contribution >= 0.6 is 0 Å². The molecule has 1 aromatic rings. The Morgan fingerprint density at radius 3 is 2.42 bits per heavy atom. The largest absolute Gasteiger partial charge is 0.325 e. The summed E-state index contributed by atoms with van der Waals surface area (Å²) in [5.41, 5.74) is 0.605. The number of hydrogen-bond acceptors (Lipinski definition) is 3. The minimum atomic E-state index is -0.796. The van der Waals surface area contributed by atoms with Crippen molar-refractivity contribution < 1.29 is 9.59 Å². The number of hydrogen-bond donors (Lipinski definition) is 1. The summed E-state index contributed by atoms with van der Waals surface area (Å²) in [6.45, 7) is 4.22. The third kappa shape index (κ3) is 4.14. The van der Waals surface area contributed by atoms with Gasteiger partial charge >= 0.3 is 6.03 Å². The first-order valence-corrected chi connectivity index (χ1v) is 8.63. The molecule has 1 saturated heterocycles. The second-order valence-corrected chi connectivity index (χ2v) is 6.63. The quantitative estimate of drug-likeness (QED) is 0.584. The molecule has 1 atom stereocenters. The number of unbranched alkanes of at least 4 members (excludes halogenated alkanes) is 4. The van der Waals surface area contributed by atoms with Crippen molar-refractivity contribution in [1.29, 1.82) is 5.26 Å². The maximum absolute atomic E-state index is 12.7. The highest BCUT2D eigenvalue weighted by atomic mass is 16.2. The average Bonchev–Trinajstić information content (AvgIpc) is 2.79. The number of nitrogens with zero attached hydrogens (tertiary/aromatic N) is 2. The molecule has 1 fully saturated rings. The van der Waals surface area contributed by atoms with Crippen LogP contribution in [0.5, 0.6) is 0 Å². The third-order valence-corrected chi connectivity index (χ3v) is 4.55. The minimum absolute atomic E-state index is 0.160. The van der Waals surface area contributed by atoms with Gasteiger partial charge in [0.15, 0.2) is 0 Å². The predicted molar refractivity (Wildman–Crippen MR) is 92.0 cm³/mol. The van der Waals surface area contributed by atoms with Crippen LogP contribution in [-0.4, -0.2) is 22.4 Å². The summed E-state index contributed by atoms with van der Waals surface area (Å²) in [7, 11) is 0. The van der Waals surface area contributed by atoms with Crippen molar-refractivity contribution >= 4 is 11.9 Å². The highest BCUT2D eigenvalue weighted by Gasteiger charge is 2.46. The predicted octanol–water partition coefficient (Wildman–Crippen LogP) is 3.73. The van der Waals surface area contributed by atoms with Crippen LogP contribution in [0.4, 0.5) is 4.79 Å². The summed E-state index contributed by atoms with van der Waals surface area (Å²) in [6, 6.07) is 8.67. The van der Waals surface area contributed by atoms with Gasteiger partial charge in [0.25, 0.3) is 5.91 Å². The summed E-state index contributed by atoms with van der Waals surface area (Å²) < 4.78 is 0. The lowest BCUT2D eigenvalue weighted by molar-refractivity contribution is -0.131. The zero-order valence-corrected chi connectivity index (χ0v) is 14.5. The van der Waals surface area contributed by atoms with Gasteiger partial charge in [0.1, 0.15) is 5.54 Å². The van der Waals surface area contributed by atoms with Gasteiger partial charge in [-0.05, 0) is 31.0 Å². The summed E-state index contributed by atoms with van der Waals surface area (Å²) in [5.74, 6) is -0.160. The van der Waals surface area contributed by atoms with E-state index in [1.54, 1.807) is 24.3 Å². The SMILES string of the molecule is CCCCCCCC1(C)NC(=O)N(Cc2ccc(C#N)cc2)C1=O. The van der Waals surface area contributed by atoms with Crippen molar-refractivity contribution in [3.63, 3.8) is 0 Å². The Hall–Kier alpha value is -2.35. The lowest BCUT2D eigenvalue weighted by Crippen LogP contribution is -2.43. The zero-order valence-electron chi connectivity index (χ0n) is 14.5. The molecular weight excluding hydrogens is 302 g/mol. The molecule has 0 radical (unpaired) electrons. The molecule has 0 aromatic heterocycles. The van der Waals surface area contributed by atoms with Gasteiger partial charge in [0, 0.05) is 0 Å². The van der Waals surface area contributed by atoms with Crippen molar-refractivity contribution in [2.75, 3.05) is 0 Å². The first-order chi connectivity index (χ1) is 11.5. The molecule has 24 heavy (non-hydrogen) atoms. The maximum atomic E-state index is 12.7. The Labute approximate surface area is 143 Å². The van der Waals surface area contributed by atoms with E-state index in [-0.39, 0.29) is 18.5 Å². The molecule has 128 valence electrons. The summed E-state index contributed by atoms with van der Waals surface area (Å²) in [4.78, 5) is 26.2. The van der Waals surface area contributed by atoms with E-state index in [2.05, 4.69) is 18.3 Å². The average molecular weight is 327 g/mol. The van der Waals surface area contributed by atoms with Crippen molar-refractivity contribution in [3.05, 3.63) is 35.4 Å². The van der Waals surface area contributed by atoms with Crippen molar-refractivity contribution in [3.8, 4) is 6.07 Å². The van der Waals surface area contributed by atoms with E-state index in [9.17, 15) is 9.59 Å². The number of benzene rings is 1. The van der Waals surface area contributed by atoms with E-state index >= 15 is 0 Å². The van der Waals surface area contributed by atoms with E-state index in [0.29, 0.717) is 12.0 Å². The number of urea groups is 1. The van der Waals surface area contributed by atoms with Crippen molar-refractivity contribution in [2.24, 2.45) is 0 Å². The third-order valence-electron chi connectivity index (χ3n) is 4.55.